The largest absolute Gasteiger partial charge is 0.454 e. The highest BCUT2D eigenvalue weighted by Gasteiger charge is 2.33. The molecule has 32 heavy (non-hydrogen) atoms. The summed E-state index contributed by atoms with van der Waals surface area (Å²) in [5.74, 6) is 1.02. The van der Waals surface area contributed by atoms with E-state index < -0.39 is 9.84 Å². The molecule has 8 nitrogen and oxygen atoms in total. The van der Waals surface area contributed by atoms with Crippen molar-refractivity contribution in [3.8, 4) is 17.2 Å². The summed E-state index contributed by atoms with van der Waals surface area (Å²) in [4.78, 5) is 12.8. The molecule has 2 aliphatic heterocycles. The first kappa shape index (κ1) is 20.3. The molecule has 0 unspecified atom stereocenters. The van der Waals surface area contributed by atoms with Crippen molar-refractivity contribution in [2.75, 3.05) is 12.1 Å². The highest BCUT2D eigenvalue weighted by molar-refractivity contribution is 7.90. The second kappa shape index (κ2) is 7.52. The van der Waals surface area contributed by atoms with Gasteiger partial charge in [-0.05, 0) is 49.2 Å². The molecule has 3 aromatic rings. The quantitative estimate of drug-likeness (QED) is 0.611. The monoisotopic (exact) mass is 451 g/mol. The Labute approximate surface area is 185 Å². The van der Waals surface area contributed by atoms with Crippen LogP contribution >= 0.6 is 0 Å². The van der Waals surface area contributed by atoms with Crippen LogP contribution in [0.15, 0.2) is 42.5 Å². The van der Waals surface area contributed by atoms with E-state index in [9.17, 15) is 13.2 Å². The van der Waals surface area contributed by atoms with Gasteiger partial charge in [-0.2, -0.15) is 5.10 Å². The van der Waals surface area contributed by atoms with E-state index in [1.165, 1.54) is 6.08 Å². The molecular weight excluding hydrogens is 430 g/mol. The van der Waals surface area contributed by atoms with Crippen LogP contribution < -0.4 is 14.8 Å². The number of aromatic nitrogens is 2. The molecule has 2 aliphatic rings. The summed E-state index contributed by atoms with van der Waals surface area (Å²) < 4.78 is 36.6. The van der Waals surface area contributed by atoms with E-state index in [0.29, 0.717) is 28.6 Å². The fraction of sp³-hybridized carbons (Fsp3) is 0.217. The maximum Gasteiger partial charge on any atom is 0.249 e. The van der Waals surface area contributed by atoms with Crippen molar-refractivity contribution in [2.24, 2.45) is 0 Å². The lowest BCUT2D eigenvalue weighted by atomic mass is 10.1. The first-order valence-corrected chi connectivity index (χ1v) is 11.9. The number of aryl methyl sites for hydroxylation is 2. The van der Waals surface area contributed by atoms with Gasteiger partial charge < -0.3 is 14.8 Å². The third-order valence-corrected chi connectivity index (χ3v) is 6.88. The highest BCUT2D eigenvalue weighted by atomic mass is 32.2. The van der Waals surface area contributed by atoms with Crippen LogP contribution in [0.2, 0.25) is 0 Å². The Hall–Kier alpha value is -3.59. The number of hydrogen-bond acceptors (Lipinski definition) is 6. The van der Waals surface area contributed by atoms with Gasteiger partial charge in [0.2, 0.25) is 12.7 Å². The van der Waals surface area contributed by atoms with Crippen molar-refractivity contribution in [1.29, 1.82) is 0 Å². The number of hydrogen-bond donors (Lipinski definition) is 1. The Bertz CT molecular complexity index is 1390. The second-order valence-corrected chi connectivity index (χ2v) is 10.0. The molecule has 1 amide bonds. The highest BCUT2D eigenvalue weighted by Crippen LogP contribution is 2.34. The molecule has 0 radical (unpaired) electrons. The molecule has 0 fully saturated rings. The normalized spacial score (nSPS) is 15.8. The van der Waals surface area contributed by atoms with Crippen LogP contribution in [0.1, 0.15) is 27.9 Å². The molecule has 0 atom stereocenters. The van der Waals surface area contributed by atoms with Crippen molar-refractivity contribution in [2.45, 2.75) is 25.4 Å². The van der Waals surface area contributed by atoms with Gasteiger partial charge in [0.25, 0.3) is 0 Å². The number of fused-ring (bicyclic) bond motifs is 2. The molecule has 0 saturated heterocycles. The van der Waals surface area contributed by atoms with Gasteiger partial charge in [0.1, 0.15) is 5.82 Å². The number of benzene rings is 2. The molecule has 2 aromatic carbocycles. The van der Waals surface area contributed by atoms with Crippen molar-refractivity contribution in [3.63, 3.8) is 0 Å². The zero-order chi connectivity index (χ0) is 22.5. The molecular formula is C23H21N3O5S. The first-order valence-electron chi connectivity index (χ1n) is 10.1. The Kier molecular flexibility index (Phi) is 4.78. The number of sulfone groups is 1. The first-order chi connectivity index (χ1) is 15.3. The van der Waals surface area contributed by atoms with Crippen LogP contribution in [0.5, 0.6) is 11.5 Å². The number of carbonyl (C=O) groups excluding carboxylic acids is 1. The van der Waals surface area contributed by atoms with E-state index in [1.54, 1.807) is 22.9 Å². The average molecular weight is 452 g/mol. The summed E-state index contributed by atoms with van der Waals surface area (Å²) in [5.41, 5.74) is 4.65. The average Bonchev–Trinajstić information content (AvgIpc) is 3.39. The van der Waals surface area contributed by atoms with Crippen molar-refractivity contribution >= 4 is 27.6 Å². The number of nitrogens with zero attached hydrogens (tertiary/aromatic N) is 2. The number of carbonyl (C=O) groups is 1. The van der Waals surface area contributed by atoms with Crippen molar-refractivity contribution < 1.29 is 22.7 Å². The predicted octanol–water partition coefficient (Wildman–Crippen LogP) is 3.30. The van der Waals surface area contributed by atoms with E-state index in [4.69, 9.17) is 9.47 Å². The minimum absolute atomic E-state index is 0.129. The summed E-state index contributed by atoms with van der Waals surface area (Å²) in [5, 5.41) is 7.37. The zero-order valence-electron chi connectivity index (χ0n) is 17.6. The van der Waals surface area contributed by atoms with Crippen LogP contribution in [-0.4, -0.2) is 30.9 Å². The minimum atomic E-state index is -3.27. The van der Waals surface area contributed by atoms with Crippen LogP contribution in [0.4, 0.5) is 5.82 Å². The maximum atomic E-state index is 12.8. The Morgan fingerprint density at radius 2 is 1.91 bits per heavy atom. The van der Waals surface area contributed by atoms with Gasteiger partial charge in [-0.25, -0.2) is 13.1 Å². The minimum Gasteiger partial charge on any atom is -0.454 e. The summed E-state index contributed by atoms with van der Waals surface area (Å²) in [6.45, 7) is 4.13. The van der Waals surface area contributed by atoms with E-state index in [1.807, 2.05) is 38.1 Å². The standard InChI is InChI=1S/C23H21N3O5S/c1-14-3-6-19(15(2)9-14)26-23(17-11-32(28,29)12-18(17)25-26)24-22(27)8-5-16-4-7-20-21(10-16)31-13-30-20/h3-10H,11-13H2,1-2H3,(H,24,27)/b8-5+. The van der Waals surface area contributed by atoms with E-state index in [0.717, 1.165) is 22.4 Å². The van der Waals surface area contributed by atoms with Gasteiger partial charge in [0, 0.05) is 11.6 Å². The fourth-order valence-electron chi connectivity index (χ4n) is 3.94. The van der Waals surface area contributed by atoms with Crippen molar-refractivity contribution in [1.82, 2.24) is 9.78 Å². The van der Waals surface area contributed by atoms with Crippen LogP contribution in [0.3, 0.4) is 0 Å². The van der Waals surface area contributed by atoms with E-state index in [-0.39, 0.29) is 24.2 Å². The summed E-state index contributed by atoms with van der Waals surface area (Å²) in [6.07, 6.45) is 3.05. The number of rotatable bonds is 4. The molecule has 0 spiro atoms. The molecule has 3 heterocycles. The SMILES string of the molecule is Cc1ccc(-n2nc3c(c2NC(=O)/C=C/c2ccc4c(c2)OCO4)CS(=O)(=O)C3)c(C)c1. The molecule has 0 saturated carbocycles. The van der Waals surface area contributed by atoms with Gasteiger partial charge in [0.05, 0.1) is 22.9 Å². The fourth-order valence-corrected chi connectivity index (χ4v) is 5.43. The topological polar surface area (TPSA) is 99.5 Å². The second-order valence-electron chi connectivity index (χ2n) is 7.94. The van der Waals surface area contributed by atoms with E-state index in [2.05, 4.69) is 10.4 Å². The lowest BCUT2D eigenvalue weighted by Crippen LogP contribution is -2.15. The van der Waals surface area contributed by atoms with Gasteiger partial charge in [-0.15, -0.1) is 0 Å². The number of amides is 1. The molecule has 5 rings (SSSR count). The lowest BCUT2D eigenvalue weighted by Gasteiger charge is -2.12. The van der Waals surface area contributed by atoms with Crippen LogP contribution in [0.25, 0.3) is 11.8 Å². The molecule has 1 aromatic heterocycles. The Balaban J connectivity index is 1.46. The Morgan fingerprint density at radius 1 is 1.09 bits per heavy atom. The van der Waals surface area contributed by atoms with Crippen LogP contribution in [-0.2, 0) is 26.1 Å². The predicted molar refractivity (Wildman–Crippen MR) is 120 cm³/mol. The van der Waals surface area contributed by atoms with Gasteiger partial charge in [-0.3, -0.25) is 4.79 Å². The van der Waals surface area contributed by atoms with Crippen LogP contribution in [0, 0.1) is 13.8 Å². The summed E-state index contributed by atoms with van der Waals surface area (Å²) >= 11 is 0. The van der Waals surface area contributed by atoms with Crippen molar-refractivity contribution in [3.05, 3.63) is 70.4 Å². The molecule has 0 aliphatic carbocycles. The Morgan fingerprint density at radius 3 is 2.72 bits per heavy atom. The molecule has 9 heteroatoms. The number of ether oxygens (including phenoxy) is 2. The maximum absolute atomic E-state index is 12.8. The van der Waals surface area contributed by atoms with Gasteiger partial charge in [0.15, 0.2) is 21.3 Å². The number of anilines is 1. The summed E-state index contributed by atoms with van der Waals surface area (Å²) in [6, 6.07) is 11.3. The molecule has 164 valence electrons. The third kappa shape index (κ3) is 3.75. The van der Waals surface area contributed by atoms with Gasteiger partial charge in [-0.1, -0.05) is 23.8 Å². The zero-order valence-corrected chi connectivity index (χ0v) is 18.4. The third-order valence-electron chi connectivity index (χ3n) is 5.43. The number of nitrogens with one attached hydrogen (secondary N) is 1. The lowest BCUT2D eigenvalue weighted by molar-refractivity contribution is -0.111. The summed E-state index contributed by atoms with van der Waals surface area (Å²) in [7, 11) is -3.27. The van der Waals surface area contributed by atoms with E-state index >= 15 is 0 Å². The molecule has 0 bridgehead atoms. The molecule has 1 N–H and O–H groups in total. The smallest absolute Gasteiger partial charge is 0.249 e. The van der Waals surface area contributed by atoms with Gasteiger partial charge >= 0.3 is 0 Å².